The summed E-state index contributed by atoms with van der Waals surface area (Å²) in [7, 11) is 0. The zero-order valence-corrected chi connectivity index (χ0v) is 24.5. The van der Waals surface area contributed by atoms with Crippen molar-refractivity contribution in [1.29, 1.82) is 0 Å². The third-order valence-corrected chi connectivity index (χ3v) is 4.92. The third kappa shape index (κ3) is 9.11. The van der Waals surface area contributed by atoms with Crippen molar-refractivity contribution in [3.63, 3.8) is 0 Å². The van der Waals surface area contributed by atoms with E-state index >= 15 is 0 Å². The molecule has 4 rings (SSSR count). The van der Waals surface area contributed by atoms with Crippen molar-refractivity contribution >= 4 is 33.3 Å². The molecule has 0 spiro atoms. The number of hydrogen-bond donors (Lipinski definition) is 1. The Morgan fingerprint density at radius 1 is 0.750 bits per heavy atom. The fourth-order valence-electron chi connectivity index (χ4n) is 3.70. The second kappa shape index (κ2) is 17.3. The van der Waals surface area contributed by atoms with E-state index < -0.39 is 0 Å². The summed E-state index contributed by atoms with van der Waals surface area (Å²) in [6.07, 6.45) is 0.357. The van der Waals surface area contributed by atoms with E-state index in [-0.39, 0.29) is 5.78 Å². The van der Waals surface area contributed by atoms with Crippen LogP contribution in [0.25, 0.3) is 21.8 Å². The molecule has 0 aliphatic carbocycles. The van der Waals surface area contributed by atoms with E-state index in [4.69, 9.17) is 10.7 Å². The fraction of sp³-hybridized carbons (Fsp3) is 0.394. The van der Waals surface area contributed by atoms with E-state index in [0.717, 1.165) is 55.7 Å². The second-order valence-electron chi connectivity index (χ2n) is 8.49. The number of anilines is 1. The summed E-state index contributed by atoms with van der Waals surface area (Å²) in [6.45, 7) is 22.5. The maximum Gasteiger partial charge on any atom is 0.168 e. The number of pyridine rings is 1. The first kappa shape index (κ1) is 32.8. The highest BCUT2D eigenvalue weighted by Crippen LogP contribution is 2.28. The van der Waals surface area contributed by atoms with Crippen molar-refractivity contribution in [3.05, 3.63) is 82.9 Å². The lowest BCUT2D eigenvalue weighted by Gasteiger charge is -2.13. The number of hydrogen-bond acceptors (Lipinski definition) is 3. The molecule has 0 saturated heterocycles. The number of aryl methyl sites for hydroxylation is 2. The minimum atomic E-state index is 0.107. The SMILES string of the molecule is CC.CC.CC.CC(C)C.Cc1cc(N)cc(C)c1CC(=O)c1c2ccccc2nc2ccccc12. The number of nitrogens with zero attached hydrogens (tertiary/aromatic N) is 1. The minimum absolute atomic E-state index is 0.107. The molecule has 0 fully saturated rings. The van der Waals surface area contributed by atoms with Crippen LogP contribution < -0.4 is 5.73 Å². The molecule has 3 aromatic carbocycles. The zero-order chi connectivity index (χ0) is 27.8. The van der Waals surface area contributed by atoms with Gasteiger partial charge in [0.2, 0.25) is 0 Å². The van der Waals surface area contributed by atoms with Gasteiger partial charge in [0.1, 0.15) is 0 Å². The van der Waals surface area contributed by atoms with Crippen LogP contribution >= 0.6 is 0 Å². The molecular formula is C33H48N2O. The van der Waals surface area contributed by atoms with Crippen molar-refractivity contribution in [2.45, 2.75) is 82.6 Å². The van der Waals surface area contributed by atoms with E-state index in [1.165, 1.54) is 0 Å². The van der Waals surface area contributed by atoms with Crippen LogP contribution in [0.3, 0.4) is 0 Å². The first-order valence-corrected chi connectivity index (χ1v) is 13.4. The average Bonchev–Trinajstić information content (AvgIpc) is 2.88. The van der Waals surface area contributed by atoms with Gasteiger partial charge in [-0.2, -0.15) is 0 Å². The molecule has 3 heteroatoms. The molecule has 196 valence electrons. The Morgan fingerprint density at radius 2 is 1.11 bits per heavy atom. The Hall–Kier alpha value is -3.20. The number of para-hydroxylation sites is 2. The molecule has 0 amide bonds. The molecule has 0 unspecified atom stereocenters. The predicted octanol–water partition coefficient (Wildman–Crippen LogP) is 9.75. The lowest BCUT2D eigenvalue weighted by molar-refractivity contribution is 0.0995. The van der Waals surface area contributed by atoms with Gasteiger partial charge < -0.3 is 5.73 Å². The van der Waals surface area contributed by atoms with Crippen molar-refractivity contribution in [2.75, 3.05) is 5.73 Å². The summed E-state index contributed by atoms with van der Waals surface area (Å²) in [5.41, 5.74) is 12.3. The molecule has 0 saturated carbocycles. The van der Waals surface area contributed by atoms with Gasteiger partial charge in [-0.15, -0.1) is 0 Å². The molecule has 2 N–H and O–H groups in total. The van der Waals surface area contributed by atoms with Crippen LogP contribution in [0.15, 0.2) is 60.7 Å². The molecule has 3 nitrogen and oxygen atoms in total. The fourth-order valence-corrected chi connectivity index (χ4v) is 3.70. The van der Waals surface area contributed by atoms with Gasteiger partial charge in [-0.25, -0.2) is 4.98 Å². The van der Waals surface area contributed by atoms with Gasteiger partial charge in [-0.05, 0) is 60.7 Å². The zero-order valence-electron chi connectivity index (χ0n) is 24.5. The first-order chi connectivity index (χ1) is 17.3. The molecule has 0 radical (unpaired) electrons. The van der Waals surface area contributed by atoms with E-state index in [9.17, 15) is 4.79 Å². The Morgan fingerprint density at radius 3 is 1.50 bits per heavy atom. The Kier molecular flexibility index (Phi) is 15.7. The van der Waals surface area contributed by atoms with Gasteiger partial charge in [0.15, 0.2) is 5.78 Å². The normalized spacial score (nSPS) is 9.56. The van der Waals surface area contributed by atoms with Crippen LogP contribution in [0, 0.1) is 19.8 Å². The minimum Gasteiger partial charge on any atom is -0.399 e. The summed E-state index contributed by atoms with van der Waals surface area (Å²) in [5, 5.41) is 1.81. The average molecular weight is 489 g/mol. The summed E-state index contributed by atoms with van der Waals surface area (Å²) in [4.78, 5) is 18.1. The molecule has 4 aromatic rings. The smallest absolute Gasteiger partial charge is 0.168 e. The molecular weight excluding hydrogens is 440 g/mol. The van der Waals surface area contributed by atoms with Crippen molar-refractivity contribution < 1.29 is 4.79 Å². The molecule has 0 aliphatic rings. The highest BCUT2D eigenvalue weighted by atomic mass is 16.1. The topological polar surface area (TPSA) is 56.0 Å². The number of benzene rings is 3. The van der Waals surface area contributed by atoms with Crippen LogP contribution in [-0.4, -0.2) is 10.8 Å². The number of nitrogens with two attached hydrogens (primary N) is 1. The van der Waals surface area contributed by atoms with Crippen LogP contribution in [0.2, 0.25) is 0 Å². The summed E-state index contributed by atoms with van der Waals surface area (Å²) in [5.74, 6) is 0.941. The predicted molar refractivity (Wildman–Crippen MR) is 162 cm³/mol. The first-order valence-electron chi connectivity index (χ1n) is 13.4. The van der Waals surface area contributed by atoms with E-state index in [0.29, 0.717) is 6.42 Å². The third-order valence-electron chi connectivity index (χ3n) is 4.92. The number of carbonyl (C=O) groups excluding carboxylic acids is 1. The highest BCUT2D eigenvalue weighted by Gasteiger charge is 2.18. The maximum atomic E-state index is 13.4. The van der Waals surface area contributed by atoms with Gasteiger partial charge in [-0.3, -0.25) is 4.79 Å². The van der Waals surface area contributed by atoms with E-state index in [1.54, 1.807) is 0 Å². The Balaban J connectivity index is 0.00000108. The van der Waals surface area contributed by atoms with Crippen molar-refractivity contribution in [2.24, 2.45) is 5.92 Å². The van der Waals surface area contributed by atoms with Crippen molar-refractivity contribution in [3.8, 4) is 0 Å². The lowest BCUT2D eigenvalue weighted by atomic mass is 9.92. The summed E-state index contributed by atoms with van der Waals surface area (Å²) >= 11 is 0. The summed E-state index contributed by atoms with van der Waals surface area (Å²) in [6, 6.07) is 19.5. The molecule has 0 aliphatic heterocycles. The quantitative estimate of drug-likeness (QED) is 0.177. The Labute approximate surface area is 220 Å². The number of rotatable bonds is 3. The molecule has 1 aromatic heterocycles. The van der Waals surface area contributed by atoms with Crippen LogP contribution in [0.1, 0.15) is 89.4 Å². The summed E-state index contributed by atoms with van der Waals surface area (Å²) < 4.78 is 0. The van der Waals surface area contributed by atoms with Crippen LogP contribution in [0.4, 0.5) is 5.69 Å². The Bertz CT molecular complexity index is 1130. The van der Waals surface area contributed by atoms with E-state index in [1.807, 2.05) is 116 Å². The number of carbonyl (C=O) groups is 1. The van der Waals surface area contributed by atoms with Gasteiger partial charge >= 0.3 is 0 Å². The maximum absolute atomic E-state index is 13.4. The molecule has 1 heterocycles. The number of Topliss-reactive ketones (excluding diaryl/α,β-unsaturated/α-hetero) is 1. The highest BCUT2D eigenvalue weighted by molar-refractivity contribution is 6.17. The van der Waals surface area contributed by atoms with E-state index in [2.05, 4.69) is 20.8 Å². The van der Waals surface area contributed by atoms with Crippen LogP contribution in [-0.2, 0) is 6.42 Å². The van der Waals surface area contributed by atoms with Gasteiger partial charge in [0, 0.05) is 28.4 Å². The monoisotopic (exact) mass is 488 g/mol. The van der Waals surface area contributed by atoms with Crippen LogP contribution in [0.5, 0.6) is 0 Å². The lowest BCUT2D eigenvalue weighted by Crippen LogP contribution is -2.09. The van der Waals surface area contributed by atoms with Gasteiger partial charge in [-0.1, -0.05) is 98.7 Å². The number of ketones is 1. The molecule has 0 bridgehead atoms. The molecule has 36 heavy (non-hydrogen) atoms. The largest absolute Gasteiger partial charge is 0.399 e. The number of fused-ring (bicyclic) bond motifs is 2. The van der Waals surface area contributed by atoms with Gasteiger partial charge in [0.25, 0.3) is 0 Å². The number of aromatic nitrogens is 1. The number of nitrogen functional groups attached to an aromatic ring is 1. The molecule has 0 atom stereocenters. The van der Waals surface area contributed by atoms with Crippen molar-refractivity contribution in [1.82, 2.24) is 4.98 Å². The standard InChI is InChI=1S/C23H20N2O.C4H10.3C2H6/c1-14-11-16(24)12-15(2)19(14)13-22(26)23-17-7-3-5-9-20(17)25-21-10-6-4-8-18(21)23;1-4(2)3;3*1-2/h3-12H,13,24H2,1-2H3;4H,1-3H3;3*1-2H3. The van der Waals surface area contributed by atoms with Gasteiger partial charge in [0.05, 0.1) is 11.0 Å². The second-order valence-corrected chi connectivity index (χ2v) is 8.49.